The van der Waals surface area contributed by atoms with E-state index >= 15 is 0 Å². The molecule has 3 rings (SSSR count). The van der Waals surface area contributed by atoms with Crippen LogP contribution in [0, 0.1) is 0 Å². The largest absolute Gasteiger partial charge is 0.506 e. The number of phenolic OH excluding ortho intramolecular Hbond substituents is 1. The number of unbranched alkanes of at least 4 members (excludes halogenated alkanes) is 1. The lowest BCUT2D eigenvalue weighted by Gasteiger charge is -2.37. The molecular weight excluding hydrogens is 352 g/mol. The van der Waals surface area contributed by atoms with Crippen LogP contribution in [0.4, 0.5) is 5.69 Å². The summed E-state index contributed by atoms with van der Waals surface area (Å²) < 4.78 is 0. The van der Waals surface area contributed by atoms with Crippen molar-refractivity contribution in [1.82, 2.24) is 20.0 Å². The quantitative estimate of drug-likeness (QED) is 0.433. The maximum Gasteiger partial charge on any atom is 0.193 e. The molecule has 2 heterocycles. The monoisotopic (exact) mass is 388 g/mol. The third-order valence-electron chi connectivity index (χ3n) is 5.79. The van der Waals surface area contributed by atoms with E-state index in [0.29, 0.717) is 5.75 Å². The summed E-state index contributed by atoms with van der Waals surface area (Å²) in [6.45, 7) is 10.6. The Balaban J connectivity index is 1.34. The van der Waals surface area contributed by atoms with Crippen molar-refractivity contribution in [2.24, 2.45) is 4.99 Å². The zero-order chi connectivity index (χ0) is 19.8. The van der Waals surface area contributed by atoms with Gasteiger partial charge in [0.2, 0.25) is 0 Å². The Morgan fingerprint density at radius 2 is 1.71 bits per heavy atom. The minimum Gasteiger partial charge on any atom is -0.506 e. The third-order valence-corrected chi connectivity index (χ3v) is 5.79. The van der Waals surface area contributed by atoms with E-state index in [4.69, 9.17) is 0 Å². The maximum absolute atomic E-state index is 10.1. The van der Waals surface area contributed by atoms with E-state index in [1.165, 1.54) is 45.6 Å². The van der Waals surface area contributed by atoms with E-state index in [2.05, 4.69) is 37.0 Å². The van der Waals surface area contributed by atoms with E-state index in [1.807, 2.05) is 25.2 Å². The zero-order valence-electron chi connectivity index (χ0n) is 17.5. The minimum atomic E-state index is 0.360. The highest BCUT2D eigenvalue weighted by Gasteiger charge is 2.21. The number of likely N-dealkylation sites (N-methyl/N-ethyl adjacent to an activating group) is 1. The van der Waals surface area contributed by atoms with Gasteiger partial charge in [-0.05, 0) is 38.6 Å². The number of rotatable bonds is 6. The Labute approximate surface area is 169 Å². The summed E-state index contributed by atoms with van der Waals surface area (Å²) in [5, 5.41) is 13.6. The van der Waals surface area contributed by atoms with E-state index < -0.39 is 0 Å². The molecular formula is C21H36N6O. The van der Waals surface area contributed by atoms with Gasteiger partial charge in [-0.1, -0.05) is 12.1 Å². The standard InChI is InChI=1S/C21H36N6O/c1-22-21(23-9-5-6-10-25-13-11-24(2)12-14-25)27-17-15-26(16-18-27)19-7-3-4-8-20(19)28/h3-4,7-8,28H,5-6,9-18H2,1-2H3,(H,22,23). The van der Waals surface area contributed by atoms with E-state index in [-0.39, 0.29) is 0 Å². The number of nitrogens with zero attached hydrogens (tertiary/aromatic N) is 5. The van der Waals surface area contributed by atoms with Gasteiger partial charge in [0.1, 0.15) is 5.75 Å². The molecule has 1 aromatic carbocycles. The van der Waals surface area contributed by atoms with Gasteiger partial charge in [0.05, 0.1) is 5.69 Å². The topological polar surface area (TPSA) is 57.6 Å². The lowest BCUT2D eigenvalue weighted by Crippen LogP contribution is -2.52. The summed E-state index contributed by atoms with van der Waals surface area (Å²) in [6, 6.07) is 7.58. The first-order chi connectivity index (χ1) is 13.7. The van der Waals surface area contributed by atoms with Gasteiger partial charge >= 0.3 is 0 Å². The first kappa shape index (κ1) is 20.7. The molecule has 156 valence electrons. The Bertz CT molecular complexity index is 621. The van der Waals surface area contributed by atoms with Crippen LogP contribution in [0.25, 0.3) is 0 Å². The fourth-order valence-electron chi connectivity index (χ4n) is 3.96. The van der Waals surface area contributed by atoms with Gasteiger partial charge in [0.25, 0.3) is 0 Å². The van der Waals surface area contributed by atoms with Crippen molar-refractivity contribution in [1.29, 1.82) is 0 Å². The molecule has 0 radical (unpaired) electrons. The number of phenols is 1. The molecule has 7 nitrogen and oxygen atoms in total. The van der Waals surface area contributed by atoms with Crippen molar-refractivity contribution in [3.63, 3.8) is 0 Å². The van der Waals surface area contributed by atoms with Gasteiger partial charge in [0, 0.05) is 66.0 Å². The average molecular weight is 389 g/mol. The number of para-hydroxylation sites is 2. The molecule has 1 aromatic rings. The Hall–Kier alpha value is -1.99. The molecule has 0 aliphatic carbocycles. The lowest BCUT2D eigenvalue weighted by molar-refractivity contribution is 0.152. The number of nitrogens with one attached hydrogen (secondary N) is 1. The van der Waals surface area contributed by atoms with Crippen LogP contribution >= 0.6 is 0 Å². The van der Waals surface area contributed by atoms with Crippen LogP contribution in [0.5, 0.6) is 5.75 Å². The van der Waals surface area contributed by atoms with Gasteiger partial charge in [0.15, 0.2) is 5.96 Å². The number of hydrogen-bond acceptors (Lipinski definition) is 5. The highest BCUT2D eigenvalue weighted by Crippen LogP contribution is 2.27. The fraction of sp³-hybridized carbons (Fsp3) is 0.667. The second-order valence-corrected chi connectivity index (χ2v) is 7.79. The molecule has 2 fully saturated rings. The number of benzene rings is 1. The molecule has 0 atom stereocenters. The second-order valence-electron chi connectivity index (χ2n) is 7.79. The minimum absolute atomic E-state index is 0.360. The molecule has 0 bridgehead atoms. The highest BCUT2D eigenvalue weighted by atomic mass is 16.3. The van der Waals surface area contributed by atoms with Crippen molar-refractivity contribution in [2.75, 3.05) is 84.4 Å². The van der Waals surface area contributed by atoms with Crippen molar-refractivity contribution < 1.29 is 5.11 Å². The van der Waals surface area contributed by atoms with Gasteiger partial charge in [-0.15, -0.1) is 0 Å². The summed E-state index contributed by atoms with van der Waals surface area (Å²) >= 11 is 0. The summed E-state index contributed by atoms with van der Waals surface area (Å²) in [6.07, 6.45) is 2.40. The predicted octanol–water partition coefficient (Wildman–Crippen LogP) is 1.12. The fourth-order valence-corrected chi connectivity index (χ4v) is 3.96. The third kappa shape index (κ3) is 5.75. The van der Waals surface area contributed by atoms with E-state index in [1.54, 1.807) is 6.07 Å². The molecule has 0 aromatic heterocycles. The van der Waals surface area contributed by atoms with Gasteiger partial charge in [-0.3, -0.25) is 4.99 Å². The maximum atomic E-state index is 10.1. The number of hydrogen-bond donors (Lipinski definition) is 2. The van der Waals surface area contributed by atoms with Crippen molar-refractivity contribution >= 4 is 11.6 Å². The highest BCUT2D eigenvalue weighted by molar-refractivity contribution is 5.80. The molecule has 28 heavy (non-hydrogen) atoms. The molecule has 0 spiro atoms. The van der Waals surface area contributed by atoms with Crippen LogP contribution in [-0.2, 0) is 0 Å². The number of aromatic hydroxyl groups is 1. The van der Waals surface area contributed by atoms with E-state index in [9.17, 15) is 5.11 Å². The zero-order valence-corrected chi connectivity index (χ0v) is 17.5. The van der Waals surface area contributed by atoms with Gasteiger partial charge < -0.3 is 30.0 Å². The van der Waals surface area contributed by atoms with Crippen molar-refractivity contribution in [2.45, 2.75) is 12.8 Å². The molecule has 2 aliphatic rings. The number of piperazine rings is 2. The van der Waals surface area contributed by atoms with Crippen LogP contribution in [-0.4, -0.2) is 105 Å². The lowest BCUT2D eigenvalue weighted by atomic mass is 10.2. The Kier molecular flexibility index (Phi) is 7.80. The van der Waals surface area contributed by atoms with E-state index in [0.717, 1.165) is 44.4 Å². The van der Waals surface area contributed by atoms with Crippen LogP contribution in [0.1, 0.15) is 12.8 Å². The molecule has 2 saturated heterocycles. The van der Waals surface area contributed by atoms with Crippen LogP contribution < -0.4 is 10.2 Å². The molecule has 0 saturated carbocycles. The normalized spacial score (nSPS) is 19.9. The summed E-state index contributed by atoms with van der Waals surface area (Å²) in [4.78, 5) is 14.0. The summed E-state index contributed by atoms with van der Waals surface area (Å²) in [5.74, 6) is 1.36. The average Bonchev–Trinajstić information content (AvgIpc) is 2.73. The SMILES string of the molecule is CN=C(NCCCCN1CCN(C)CC1)N1CCN(c2ccccc2O)CC1. The van der Waals surface area contributed by atoms with Gasteiger partial charge in [-0.2, -0.15) is 0 Å². The van der Waals surface area contributed by atoms with Crippen molar-refractivity contribution in [3.05, 3.63) is 24.3 Å². The Morgan fingerprint density at radius 1 is 1.00 bits per heavy atom. The molecule has 2 aliphatic heterocycles. The number of guanidine groups is 1. The summed E-state index contributed by atoms with van der Waals surface area (Å²) in [7, 11) is 4.07. The number of aliphatic imine (C=N–C) groups is 1. The molecule has 0 unspecified atom stereocenters. The first-order valence-corrected chi connectivity index (χ1v) is 10.6. The Morgan fingerprint density at radius 3 is 2.39 bits per heavy atom. The molecule has 2 N–H and O–H groups in total. The van der Waals surface area contributed by atoms with Crippen LogP contribution in [0.3, 0.4) is 0 Å². The van der Waals surface area contributed by atoms with Crippen LogP contribution in [0.2, 0.25) is 0 Å². The number of anilines is 1. The van der Waals surface area contributed by atoms with Gasteiger partial charge in [-0.25, -0.2) is 0 Å². The summed E-state index contributed by atoms with van der Waals surface area (Å²) in [5.41, 5.74) is 0.925. The predicted molar refractivity (Wildman–Crippen MR) is 116 cm³/mol. The molecule has 0 amide bonds. The second kappa shape index (κ2) is 10.5. The van der Waals surface area contributed by atoms with Crippen molar-refractivity contribution in [3.8, 4) is 5.75 Å². The molecule has 7 heteroatoms. The smallest absolute Gasteiger partial charge is 0.193 e. The first-order valence-electron chi connectivity index (χ1n) is 10.6. The van der Waals surface area contributed by atoms with Crippen LogP contribution in [0.15, 0.2) is 29.3 Å².